The van der Waals surface area contributed by atoms with Crippen molar-refractivity contribution < 1.29 is 13.8 Å². The highest BCUT2D eigenvalue weighted by Gasteiger charge is 2.31. The van der Waals surface area contributed by atoms with Crippen LogP contribution in [0.1, 0.15) is 31.8 Å². The van der Waals surface area contributed by atoms with Crippen LogP contribution in [0.15, 0.2) is 107 Å². The van der Waals surface area contributed by atoms with Crippen molar-refractivity contribution in [2.75, 3.05) is 11.9 Å². The Bertz CT molecular complexity index is 1490. The van der Waals surface area contributed by atoms with Gasteiger partial charge in [0.2, 0.25) is 0 Å². The molecule has 0 saturated carbocycles. The Hall–Kier alpha value is -3.74. The first-order valence-corrected chi connectivity index (χ1v) is 13.0. The van der Waals surface area contributed by atoms with Gasteiger partial charge < -0.3 is 9.80 Å². The van der Waals surface area contributed by atoms with Gasteiger partial charge in [0.25, 0.3) is 11.8 Å². The summed E-state index contributed by atoms with van der Waals surface area (Å²) in [5, 5.41) is 0.561. The maximum absolute atomic E-state index is 13.8. The summed E-state index contributed by atoms with van der Waals surface area (Å²) in [6.07, 6.45) is 0. The number of rotatable bonds is 5. The van der Waals surface area contributed by atoms with E-state index in [0.29, 0.717) is 38.2 Å². The molecule has 180 valence electrons. The Morgan fingerprint density at radius 2 is 1.58 bits per heavy atom. The van der Waals surface area contributed by atoms with E-state index in [-0.39, 0.29) is 18.4 Å². The lowest BCUT2D eigenvalue weighted by atomic mass is 10.1. The summed E-state index contributed by atoms with van der Waals surface area (Å²) in [5.41, 5.74) is 3.08. The van der Waals surface area contributed by atoms with Gasteiger partial charge in [-0.15, -0.1) is 0 Å². The predicted octanol–water partition coefficient (Wildman–Crippen LogP) is 5.94. The number of nitrogens with zero attached hydrogens (tertiary/aromatic N) is 2. The normalized spacial score (nSPS) is 14.6. The third kappa shape index (κ3) is 4.70. The smallest absolute Gasteiger partial charge is 0.259 e. The summed E-state index contributed by atoms with van der Waals surface area (Å²) < 4.78 is 13.6. The van der Waals surface area contributed by atoms with E-state index in [2.05, 4.69) is 0 Å². The van der Waals surface area contributed by atoms with Crippen LogP contribution in [0.3, 0.4) is 0 Å². The van der Waals surface area contributed by atoms with E-state index in [1.165, 1.54) is 0 Å². The SMILES string of the molecule is CN(Cc1ccccc1)C(=O)c1ccc2c(c1)N(Cc1cccc(Cl)c1)C(=O)c1ccccc1S2=O. The van der Waals surface area contributed by atoms with Crippen molar-refractivity contribution in [2.45, 2.75) is 22.9 Å². The van der Waals surface area contributed by atoms with E-state index in [1.54, 1.807) is 71.4 Å². The molecule has 0 N–H and O–H groups in total. The van der Waals surface area contributed by atoms with Crippen LogP contribution in [0.25, 0.3) is 0 Å². The van der Waals surface area contributed by atoms with Crippen LogP contribution in [0.5, 0.6) is 0 Å². The number of halogens is 1. The standard InChI is InChI=1S/C29H23ClN2O3S/c1-31(18-20-8-3-2-4-9-20)28(33)22-14-15-27-25(17-22)32(19-21-10-7-11-23(30)16-21)29(34)24-12-5-6-13-26(24)36(27)35/h2-17H,18-19H2,1H3. The number of carbonyl (C=O) groups excluding carboxylic acids is 2. The third-order valence-electron chi connectivity index (χ3n) is 6.10. The van der Waals surface area contributed by atoms with E-state index in [0.717, 1.165) is 11.1 Å². The molecule has 0 radical (unpaired) electrons. The lowest BCUT2D eigenvalue weighted by Crippen LogP contribution is -2.31. The van der Waals surface area contributed by atoms with Gasteiger partial charge in [-0.05, 0) is 53.6 Å². The van der Waals surface area contributed by atoms with Crippen molar-refractivity contribution in [1.29, 1.82) is 0 Å². The predicted molar refractivity (Wildman–Crippen MR) is 142 cm³/mol. The largest absolute Gasteiger partial charge is 0.337 e. The Kier molecular flexibility index (Phi) is 6.72. The molecule has 1 aliphatic heterocycles. The molecule has 2 amide bonds. The molecule has 5 nitrogen and oxygen atoms in total. The average Bonchev–Trinajstić information content (AvgIpc) is 2.98. The summed E-state index contributed by atoms with van der Waals surface area (Å²) >= 11 is 6.20. The summed E-state index contributed by atoms with van der Waals surface area (Å²) in [4.78, 5) is 31.2. The third-order valence-corrected chi connectivity index (χ3v) is 7.83. The molecular formula is C29H23ClN2O3S. The van der Waals surface area contributed by atoms with Gasteiger partial charge in [-0.25, -0.2) is 4.21 Å². The second-order valence-electron chi connectivity index (χ2n) is 8.62. The molecule has 36 heavy (non-hydrogen) atoms. The molecule has 1 unspecified atom stereocenters. The molecule has 1 heterocycles. The number of fused-ring (bicyclic) bond motifs is 2. The fraction of sp³-hybridized carbons (Fsp3) is 0.103. The highest BCUT2D eigenvalue weighted by molar-refractivity contribution is 7.85. The van der Waals surface area contributed by atoms with Gasteiger partial charge in [0, 0.05) is 24.2 Å². The number of anilines is 1. The number of carbonyl (C=O) groups is 2. The maximum atomic E-state index is 13.8. The van der Waals surface area contributed by atoms with Crippen molar-refractivity contribution >= 4 is 39.9 Å². The summed E-state index contributed by atoms with van der Waals surface area (Å²) in [6.45, 7) is 0.661. The fourth-order valence-corrected chi connectivity index (χ4v) is 5.88. The van der Waals surface area contributed by atoms with Crippen LogP contribution >= 0.6 is 11.6 Å². The number of hydrogen-bond donors (Lipinski definition) is 0. The summed E-state index contributed by atoms with van der Waals surface area (Å²) in [6, 6.07) is 29.0. The van der Waals surface area contributed by atoms with Crippen molar-refractivity contribution in [1.82, 2.24) is 4.90 Å². The van der Waals surface area contributed by atoms with Crippen molar-refractivity contribution in [3.63, 3.8) is 0 Å². The van der Waals surface area contributed by atoms with Gasteiger partial charge in [-0.3, -0.25) is 9.59 Å². The summed E-state index contributed by atoms with van der Waals surface area (Å²) in [7, 11) is 0.152. The van der Waals surface area contributed by atoms with Crippen molar-refractivity contribution in [3.8, 4) is 0 Å². The molecule has 7 heteroatoms. The van der Waals surface area contributed by atoms with Crippen LogP contribution in [0.4, 0.5) is 5.69 Å². The highest BCUT2D eigenvalue weighted by Crippen LogP contribution is 2.36. The van der Waals surface area contributed by atoms with Gasteiger partial charge in [-0.2, -0.15) is 0 Å². The zero-order chi connectivity index (χ0) is 25.2. The second kappa shape index (κ2) is 10.1. The van der Waals surface area contributed by atoms with E-state index in [1.807, 2.05) is 42.5 Å². The van der Waals surface area contributed by atoms with Crippen LogP contribution in [-0.2, 0) is 23.9 Å². The monoisotopic (exact) mass is 514 g/mol. The lowest BCUT2D eigenvalue weighted by molar-refractivity contribution is 0.0784. The molecule has 4 aromatic carbocycles. The molecule has 4 aromatic rings. The Balaban J connectivity index is 1.57. The molecule has 0 fully saturated rings. The van der Waals surface area contributed by atoms with Crippen molar-refractivity contribution in [2.24, 2.45) is 0 Å². The molecule has 0 bridgehead atoms. The molecule has 1 aliphatic rings. The lowest BCUT2D eigenvalue weighted by Gasteiger charge is -2.24. The number of hydrogen-bond acceptors (Lipinski definition) is 3. The average molecular weight is 515 g/mol. The summed E-state index contributed by atoms with van der Waals surface area (Å²) in [5.74, 6) is -0.468. The number of amides is 2. The van der Waals surface area contributed by atoms with Crippen LogP contribution < -0.4 is 4.90 Å². The zero-order valence-corrected chi connectivity index (χ0v) is 21.1. The highest BCUT2D eigenvalue weighted by atomic mass is 35.5. The zero-order valence-electron chi connectivity index (χ0n) is 19.6. The van der Waals surface area contributed by atoms with E-state index in [9.17, 15) is 13.8 Å². The van der Waals surface area contributed by atoms with Crippen LogP contribution in [0, 0.1) is 0 Å². The van der Waals surface area contributed by atoms with Crippen LogP contribution in [0.2, 0.25) is 5.02 Å². The molecule has 1 atom stereocenters. The second-order valence-corrected chi connectivity index (χ2v) is 10.5. The Labute approximate surface area is 217 Å². The first-order chi connectivity index (χ1) is 17.4. The van der Waals surface area contributed by atoms with Gasteiger partial charge in [0.1, 0.15) is 0 Å². The molecule has 0 aromatic heterocycles. The van der Waals surface area contributed by atoms with Gasteiger partial charge in [-0.1, -0.05) is 66.2 Å². The molecular weight excluding hydrogens is 492 g/mol. The Morgan fingerprint density at radius 3 is 2.36 bits per heavy atom. The van der Waals surface area contributed by atoms with E-state index < -0.39 is 10.8 Å². The molecule has 5 rings (SSSR count). The van der Waals surface area contributed by atoms with Gasteiger partial charge in [0.15, 0.2) is 0 Å². The maximum Gasteiger partial charge on any atom is 0.259 e. The fourth-order valence-electron chi connectivity index (χ4n) is 4.32. The molecule has 0 saturated heterocycles. The number of benzene rings is 4. The Morgan fingerprint density at radius 1 is 0.861 bits per heavy atom. The van der Waals surface area contributed by atoms with E-state index >= 15 is 0 Å². The van der Waals surface area contributed by atoms with Crippen molar-refractivity contribution in [3.05, 3.63) is 124 Å². The van der Waals surface area contributed by atoms with E-state index in [4.69, 9.17) is 11.6 Å². The van der Waals surface area contributed by atoms with Gasteiger partial charge in [0.05, 0.1) is 38.4 Å². The molecule has 0 spiro atoms. The minimum Gasteiger partial charge on any atom is -0.337 e. The minimum atomic E-state index is -1.59. The first kappa shape index (κ1) is 24.0. The topological polar surface area (TPSA) is 57.7 Å². The van der Waals surface area contributed by atoms with Crippen LogP contribution in [-0.4, -0.2) is 28.0 Å². The van der Waals surface area contributed by atoms with Gasteiger partial charge >= 0.3 is 0 Å². The first-order valence-electron chi connectivity index (χ1n) is 11.4. The quantitative estimate of drug-likeness (QED) is 0.331. The minimum absolute atomic E-state index is 0.190. The molecule has 0 aliphatic carbocycles.